The number of carbonyl (C=O) groups excluding carboxylic acids is 1. The van der Waals surface area contributed by atoms with Crippen LogP contribution in [0.25, 0.3) is 0 Å². The molecule has 5 heteroatoms. The molecule has 2 atom stereocenters. The van der Waals surface area contributed by atoms with E-state index in [1.165, 1.54) is 24.3 Å². The summed E-state index contributed by atoms with van der Waals surface area (Å²) >= 11 is 0. The lowest BCUT2D eigenvalue weighted by Crippen LogP contribution is -2.45. The zero-order valence-corrected chi connectivity index (χ0v) is 16.2. The van der Waals surface area contributed by atoms with Crippen molar-refractivity contribution in [2.24, 2.45) is 0 Å². The maximum absolute atomic E-state index is 13.1. The third kappa shape index (κ3) is 4.59. The molecule has 2 aromatic rings. The van der Waals surface area contributed by atoms with Crippen molar-refractivity contribution in [3.63, 3.8) is 0 Å². The van der Waals surface area contributed by atoms with E-state index in [1.54, 1.807) is 0 Å². The molecule has 1 amide bonds. The van der Waals surface area contributed by atoms with Gasteiger partial charge in [0, 0.05) is 12.0 Å². The van der Waals surface area contributed by atoms with Crippen LogP contribution in [0.15, 0.2) is 42.5 Å². The molecular weight excluding hydrogens is 345 g/mol. The van der Waals surface area contributed by atoms with Crippen LogP contribution >= 0.6 is 0 Å². The summed E-state index contributed by atoms with van der Waals surface area (Å²) in [5, 5.41) is 3.12. The first-order chi connectivity index (χ1) is 12.8. The van der Waals surface area contributed by atoms with Crippen LogP contribution in [0, 0.1) is 12.7 Å². The lowest BCUT2D eigenvalue weighted by Gasteiger charge is -2.38. The van der Waals surface area contributed by atoms with Crippen molar-refractivity contribution in [2.75, 3.05) is 0 Å². The molecule has 2 aromatic carbocycles. The highest BCUT2D eigenvalue weighted by Gasteiger charge is 2.35. The number of rotatable bonds is 5. The van der Waals surface area contributed by atoms with Gasteiger partial charge < -0.3 is 14.8 Å². The lowest BCUT2D eigenvalue weighted by molar-refractivity contribution is -0.129. The van der Waals surface area contributed by atoms with Gasteiger partial charge in [-0.2, -0.15) is 0 Å². The summed E-state index contributed by atoms with van der Waals surface area (Å²) in [6.07, 6.45) is 0.535. The average Bonchev–Trinajstić information content (AvgIpc) is 2.61. The van der Waals surface area contributed by atoms with Crippen molar-refractivity contribution in [2.45, 2.75) is 58.3 Å². The van der Waals surface area contributed by atoms with Gasteiger partial charge in [0.05, 0.1) is 6.04 Å². The normalized spacial score (nSPS) is 18.8. The minimum absolute atomic E-state index is 0.151. The smallest absolute Gasteiger partial charge is 0.261 e. The molecule has 0 aliphatic carbocycles. The zero-order valence-electron chi connectivity index (χ0n) is 16.2. The Morgan fingerprint density at radius 2 is 2.00 bits per heavy atom. The molecule has 144 valence electrons. The van der Waals surface area contributed by atoms with E-state index in [0.717, 1.165) is 16.9 Å². The number of aryl methyl sites for hydroxylation is 1. The molecule has 1 heterocycles. The molecule has 27 heavy (non-hydrogen) atoms. The summed E-state index contributed by atoms with van der Waals surface area (Å²) in [5.41, 5.74) is 1.73. The van der Waals surface area contributed by atoms with Gasteiger partial charge in [-0.3, -0.25) is 4.79 Å². The lowest BCUT2D eigenvalue weighted by atomic mass is 9.88. The van der Waals surface area contributed by atoms with Crippen LogP contribution in [-0.2, 0) is 4.79 Å². The first-order valence-electron chi connectivity index (χ1n) is 9.29. The van der Waals surface area contributed by atoms with E-state index in [-0.39, 0.29) is 23.4 Å². The van der Waals surface area contributed by atoms with E-state index in [0.29, 0.717) is 18.6 Å². The quantitative estimate of drug-likeness (QED) is 0.828. The van der Waals surface area contributed by atoms with Gasteiger partial charge in [-0.1, -0.05) is 24.6 Å². The fourth-order valence-electron chi connectivity index (χ4n) is 3.37. The van der Waals surface area contributed by atoms with Crippen LogP contribution in [0.2, 0.25) is 0 Å². The fraction of sp³-hybridized carbons (Fsp3) is 0.409. The second-order valence-corrected chi connectivity index (χ2v) is 7.64. The topological polar surface area (TPSA) is 47.6 Å². The predicted molar refractivity (Wildman–Crippen MR) is 102 cm³/mol. The Morgan fingerprint density at radius 1 is 1.30 bits per heavy atom. The molecule has 0 aromatic heterocycles. The molecule has 0 bridgehead atoms. The van der Waals surface area contributed by atoms with E-state index in [2.05, 4.69) is 11.4 Å². The number of carbonyl (C=O) groups is 1. The summed E-state index contributed by atoms with van der Waals surface area (Å²) in [6.45, 7) is 7.94. The molecule has 0 fully saturated rings. The Kier molecular flexibility index (Phi) is 5.40. The first-order valence-corrected chi connectivity index (χ1v) is 9.29. The van der Waals surface area contributed by atoms with Gasteiger partial charge in [-0.15, -0.1) is 0 Å². The number of fused-ring (bicyclic) bond motifs is 1. The maximum atomic E-state index is 13.1. The number of amides is 1. The van der Waals surface area contributed by atoms with Gasteiger partial charge >= 0.3 is 0 Å². The Bertz CT molecular complexity index is 817. The molecule has 0 saturated heterocycles. The summed E-state index contributed by atoms with van der Waals surface area (Å²) in [7, 11) is 0. The van der Waals surface area contributed by atoms with Crippen LogP contribution in [0.4, 0.5) is 4.39 Å². The molecule has 1 N–H and O–H groups in total. The number of ether oxygens (including phenoxy) is 2. The Labute approximate surface area is 159 Å². The first kappa shape index (κ1) is 19.2. The average molecular weight is 371 g/mol. The van der Waals surface area contributed by atoms with Crippen molar-refractivity contribution in [1.82, 2.24) is 5.32 Å². The number of hydrogen-bond acceptors (Lipinski definition) is 3. The fourth-order valence-corrected chi connectivity index (χ4v) is 3.37. The van der Waals surface area contributed by atoms with E-state index < -0.39 is 6.10 Å². The molecule has 3 rings (SSSR count). The molecule has 2 unspecified atom stereocenters. The highest BCUT2D eigenvalue weighted by Crippen LogP contribution is 2.40. The summed E-state index contributed by atoms with van der Waals surface area (Å²) < 4.78 is 24.9. The third-order valence-electron chi connectivity index (χ3n) is 4.69. The summed E-state index contributed by atoms with van der Waals surface area (Å²) in [4.78, 5) is 12.9. The molecule has 0 spiro atoms. The van der Waals surface area contributed by atoms with Crippen molar-refractivity contribution < 1.29 is 18.7 Å². The van der Waals surface area contributed by atoms with Crippen molar-refractivity contribution in [3.8, 4) is 11.5 Å². The molecule has 1 aliphatic rings. The van der Waals surface area contributed by atoms with Crippen LogP contribution < -0.4 is 14.8 Å². The zero-order chi connectivity index (χ0) is 19.6. The molecule has 0 radical (unpaired) electrons. The van der Waals surface area contributed by atoms with Gasteiger partial charge in [-0.25, -0.2) is 4.39 Å². The second kappa shape index (κ2) is 7.59. The van der Waals surface area contributed by atoms with Gasteiger partial charge in [0.1, 0.15) is 22.9 Å². The summed E-state index contributed by atoms with van der Waals surface area (Å²) in [6, 6.07) is 11.6. The predicted octanol–water partition coefficient (Wildman–Crippen LogP) is 4.71. The maximum Gasteiger partial charge on any atom is 0.261 e. The number of halogens is 1. The number of hydrogen-bond donors (Lipinski definition) is 1. The second-order valence-electron chi connectivity index (χ2n) is 7.64. The van der Waals surface area contributed by atoms with Crippen molar-refractivity contribution in [3.05, 3.63) is 59.4 Å². The van der Waals surface area contributed by atoms with Gasteiger partial charge in [-0.05, 0) is 57.5 Å². The Morgan fingerprint density at radius 3 is 2.67 bits per heavy atom. The van der Waals surface area contributed by atoms with Gasteiger partial charge in [0.2, 0.25) is 0 Å². The van der Waals surface area contributed by atoms with Crippen LogP contribution in [0.3, 0.4) is 0 Å². The van der Waals surface area contributed by atoms with Gasteiger partial charge in [0.15, 0.2) is 6.10 Å². The third-order valence-corrected chi connectivity index (χ3v) is 4.69. The Hall–Kier alpha value is -2.56. The molecule has 1 aliphatic heterocycles. The monoisotopic (exact) mass is 371 g/mol. The minimum atomic E-state index is -0.644. The highest BCUT2D eigenvalue weighted by molar-refractivity contribution is 5.81. The molecular formula is C22H26FNO3. The Balaban J connectivity index is 1.77. The van der Waals surface area contributed by atoms with Crippen molar-refractivity contribution >= 4 is 5.91 Å². The van der Waals surface area contributed by atoms with E-state index in [9.17, 15) is 9.18 Å². The van der Waals surface area contributed by atoms with Crippen LogP contribution in [0.1, 0.15) is 50.8 Å². The van der Waals surface area contributed by atoms with Gasteiger partial charge in [0.25, 0.3) is 5.91 Å². The molecule has 4 nitrogen and oxygen atoms in total. The SMILES string of the molecule is CCC(Oc1ccc(F)cc1)C(=O)NC1CC(C)(C)Oc2ccc(C)cc21. The van der Waals surface area contributed by atoms with E-state index >= 15 is 0 Å². The van der Waals surface area contributed by atoms with E-state index in [4.69, 9.17) is 9.47 Å². The minimum Gasteiger partial charge on any atom is -0.487 e. The van der Waals surface area contributed by atoms with Crippen LogP contribution in [-0.4, -0.2) is 17.6 Å². The van der Waals surface area contributed by atoms with Crippen molar-refractivity contribution in [1.29, 1.82) is 0 Å². The number of nitrogens with one attached hydrogen (secondary N) is 1. The summed E-state index contributed by atoms with van der Waals surface area (Å²) in [5.74, 6) is 0.754. The highest BCUT2D eigenvalue weighted by atomic mass is 19.1. The van der Waals surface area contributed by atoms with E-state index in [1.807, 2.05) is 39.8 Å². The largest absolute Gasteiger partial charge is 0.487 e. The standard InChI is InChI=1S/C22H26FNO3/c1-5-19(26-16-9-7-15(23)8-10-16)21(25)24-18-13-22(3,4)27-20-11-6-14(2)12-17(18)20/h6-12,18-19H,5,13H2,1-4H3,(H,24,25). The number of benzene rings is 2. The van der Waals surface area contributed by atoms with Crippen LogP contribution in [0.5, 0.6) is 11.5 Å². The molecule has 0 saturated carbocycles.